The fraction of sp³-hybridized carbons (Fsp3) is 0.357. The van der Waals surface area contributed by atoms with E-state index in [1.807, 2.05) is 19.9 Å². The van der Waals surface area contributed by atoms with Gasteiger partial charge in [-0.05, 0) is 31.0 Å². The first kappa shape index (κ1) is 12.2. The molecule has 0 spiro atoms. The van der Waals surface area contributed by atoms with Gasteiger partial charge in [-0.1, -0.05) is 22.0 Å². The fourth-order valence-corrected chi connectivity index (χ4v) is 2.49. The highest BCUT2D eigenvalue weighted by molar-refractivity contribution is 9.10. The molecule has 0 saturated carbocycles. The number of terminal acetylenes is 1. The summed E-state index contributed by atoms with van der Waals surface area (Å²) in [5.74, 6) is 2.83. The molecule has 3 heteroatoms. The Morgan fingerprint density at radius 3 is 2.71 bits per heavy atom. The molecule has 1 aliphatic rings. The lowest BCUT2D eigenvalue weighted by Gasteiger charge is -2.19. The number of aryl methyl sites for hydroxylation is 2. The van der Waals surface area contributed by atoms with Gasteiger partial charge in [0.05, 0.1) is 0 Å². The number of carbonyl (C=O) groups excluding carboxylic acids is 1. The van der Waals surface area contributed by atoms with Crippen molar-refractivity contribution in [2.24, 2.45) is 5.92 Å². The number of hydrogen-bond acceptors (Lipinski definition) is 1. The molecule has 0 radical (unpaired) electrons. The topological polar surface area (TPSA) is 20.3 Å². The number of amides is 1. The molecule has 1 aromatic rings. The van der Waals surface area contributed by atoms with Gasteiger partial charge in [0, 0.05) is 29.0 Å². The van der Waals surface area contributed by atoms with E-state index < -0.39 is 0 Å². The number of hydrogen-bond donors (Lipinski definition) is 0. The molecule has 1 unspecified atom stereocenters. The van der Waals surface area contributed by atoms with E-state index in [9.17, 15) is 4.79 Å². The van der Waals surface area contributed by atoms with Gasteiger partial charge in [0.15, 0.2) is 0 Å². The molecular weight excluding hydrogens is 278 g/mol. The maximum atomic E-state index is 11.9. The van der Waals surface area contributed by atoms with E-state index in [4.69, 9.17) is 6.42 Å². The number of nitrogens with zero attached hydrogens (tertiary/aromatic N) is 1. The summed E-state index contributed by atoms with van der Waals surface area (Å²) in [5.41, 5.74) is 3.24. The lowest BCUT2D eigenvalue weighted by Crippen LogP contribution is -2.25. The zero-order valence-electron chi connectivity index (χ0n) is 9.96. The van der Waals surface area contributed by atoms with Crippen molar-refractivity contribution in [2.75, 3.05) is 11.4 Å². The van der Waals surface area contributed by atoms with Crippen LogP contribution >= 0.6 is 15.9 Å². The van der Waals surface area contributed by atoms with Crippen LogP contribution in [0.1, 0.15) is 17.5 Å². The molecule has 1 aliphatic heterocycles. The Hall–Kier alpha value is -1.27. The summed E-state index contributed by atoms with van der Waals surface area (Å²) in [7, 11) is 0. The molecule has 2 rings (SSSR count). The van der Waals surface area contributed by atoms with Crippen LogP contribution in [0.15, 0.2) is 16.6 Å². The van der Waals surface area contributed by atoms with Crippen molar-refractivity contribution >= 4 is 27.5 Å². The first-order valence-corrected chi connectivity index (χ1v) is 6.35. The summed E-state index contributed by atoms with van der Waals surface area (Å²) in [4.78, 5) is 13.7. The first-order chi connectivity index (χ1) is 8.02. The number of halogens is 1. The molecule has 0 N–H and O–H groups in total. The number of rotatable bonds is 1. The highest BCUT2D eigenvalue weighted by Crippen LogP contribution is 2.31. The lowest BCUT2D eigenvalue weighted by atomic mass is 10.1. The summed E-state index contributed by atoms with van der Waals surface area (Å²) in [6.07, 6.45) is 5.85. The van der Waals surface area contributed by atoms with Gasteiger partial charge in [-0.2, -0.15) is 0 Å². The van der Waals surface area contributed by atoms with Gasteiger partial charge < -0.3 is 4.90 Å². The number of carbonyl (C=O) groups is 1. The van der Waals surface area contributed by atoms with Crippen LogP contribution in [0.4, 0.5) is 5.69 Å². The second-order valence-electron chi connectivity index (χ2n) is 4.46. The Morgan fingerprint density at radius 2 is 2.12 bits per heavy atom. The Morgan fingerprint density at radius 1 is 1.41 bits per heavy atom. The van der Waals surface area contributed by atoms with Gasteiger partial charge in [-0.25, -0.2) is 0 Å². The van der Waals surface area contributed by atoms with Crippen molar-refractivity contribution in [1.29, 1.82) is 0 Å². The van der Waals surface area contributed by atoms with E-state index in [-0.39, 0.29) is 11.8 Å². The van der Waals surface area contributed by atoms with E-state index in [0.29, 0.717) is 13.0 Å². The molecule has 1 heterocycles. The van der Waals surface area contributed by atoms with Crippen molar-refractivity contribution in [1.82, 2.24) is 0 Å². The normalized spacial score (nSPS) is 19.5. The van der Waals surface area contributed by atoms with E-state index in [1.165, 1.54) is 5.56 Å². The monoisotopic (exact) mass is 291 g/mol. The zero-order valence-corrected chi connectivity index (χ0v) is 11.5. The molecule has 0 aliphatic carbocycles. The summed E-state index contributed by atoms with van der Waals surface area (Å²) >= 11 is 3.50. The number of anilines is 1. The van der Waals surface area contributed by atoms with Crippen LogP contribution in [0.5, 0.6) is 0 Å². The Bertz CT molecular complexity index is 516. The Labute approximate surface area is 110 Å². The Balaban J connectivity index is 2.39. The maximum Gasteiger partial charge on any atom is 0.228 e. The van der Waals surface area contributed by atoms with E-state index >= 15 is 0 Å². The summed E-state index contributed by atoms with van der Waals surface area (Å²) in [6.45, 7) is 4.69. The second-order valence-corrected chi connectivity index (χ2v) is 5.31. The standard InChI is InChI=1S/C14H14BrNO/c1-4-11-6-14(17)16(8-11)13-7-12(15)9(2)5-10(13)3/h1,5,7,11H,6,8H2,2-3H3. The van der Waals surface area contributed by atoms with E-state index in [0.717, 1.165) is 15.7 Å². The van der Waals surface area contributed by atoms with Gasteiger partial charge in [-0.15, -0.1) is 12.3 Å². The molecule has 1 saturated heterocycles. The third kappa shape index (κ3) is 2.23. The molecule has 1 amide bonds. The minimum Gasteiger partial charge on any atom is -0.311 e. The van der Waals surface area contributed by atoms with Gasteiger partial charge in [0.1, 0.15) is 0 Å². The largest absolute Gasteiger partial charge is 0.311 e. The summed E-state index contributed by atoms with van der Waals surface area (Å²) < 4.78 is 1.02. The van der Waals surface area contributed by atoms with Crippen LogP contribution < -0.4 is 4.90 Å². The highest BCUT2D eigenvalue weighted by Gasteiger charge is 2.30. The van der Waals surface area contributed by atoms with Gasteiger partial charge in [-0.3, -0.25) is 4.79 Å². The third-order valence-electron chi connectivity index (χ3n) is 3.13. The van der Waals surface area contributed by atoms with E-state index in [2.05, 4.69) is 27.9 Å². The van der Waals surface area contributed by atoms with Crippen molar-refractivity contribution in [2.45, 2.75) is 20.3 Å². The molecule has 17 heavy (non-hydrogen) atoms. The van der Waals surface area contributed by atoms with Crippen molar-refractivity contribution in [3.8, 4) is 12.3 Å². The average molecular weight is 292 g/mol. The van der Waals surface area contributed by atoms with Crippen LogP contribution in [-0.2, 0) is 4.79 Å². The maximum absolute atomic E-state index is 11.9. The highest BCUT2D eigenvalue weighted by atomic mass is 79.9. The molecule has 1 aromatic carbocycles. The zero-order chi connectivity index (χ0) is 12.6. The average Bonchev–Trinajstić information content (AvgIpc) is 2.65. The van der Waals surface area contributed by atoms with Gasteiger partial charge >= 0.3 is 0 Å². The molecule has 88 valence electrons. The Kier molecular flexibility index (Phi) is 3.26. The quantitative estimate of drug-likeness (QED) is 0.729. The number of benzene rings is 1. The van der Waals surface area contributed by atoms with Crippen LogP contribution in [0.25, 0.3) is 0 Å². The van der Waals surface area contributed by atoms with Crippen LogP contribution in [-0.4, -0.2) is 12.5 Å². The van der Waals surface area contributed by atoms with Crippen molar-refractivity contribution in [3.05, 3.63) is 27.7 Å². The van der Waals surface area contributed by atoms with E-state index in [1.54, 1.807) is 4.90 Å². The van der Waals surface area contributed by atoms with Crippen LogP contribution in [0.2, 0.25) is 0 Å². The minimum absolute atomic E-state index is 0.0435. The van der Waals surface area contributed by atoms with Crippen LogP contribution in [0.3, 0.4) is 0 Å². The summed E-state index contributed by atoms with van der Waals surface area (Å²) in [6, 6.07) is 4.08. The summed E-state index contributed by atoms with van der Waals surface area (Å²) in [5, 5.41) is 0. The van der Waals surface area contributed by atoms with Crippen molar-refractivity contribution in [3.63, 3.8) is 0 Å². The van der Waals surface area contributed by atoms with Gasteiger partial charge in [0.25, 0.3) is 0 Å². The molecule has 0 aromatic heterocycles. The molecule has 1 fully saturated rings. The van der Waals surface area contributed by atoms with Crippen LogP contribution in [0, 0.1) is 32.1 Å². The minimum atomic E-state index is 0.0435. The molecular formula is C14H14BrNO. The lowest BCUT2D eigenvalue weighted by molar-refractivity contribution is -0.117. The molecule has 1 atom stereocenters. The predicted molar refractivity (Wildman–Crippen MR) is 72.9 cm³/mol. The third-order valence-corrected chi connectivity index (χ3v) is 3.98. The second kappa shape index (κ2) is 4.54. The SMILES string of the molecule is C#CC1CC(=O)N(c2cc(Br)c(C)cc2C)C1. The fourth-order valence-electron chi connectivity index (χ4n) is 2.16. The molecule has 2 nitrogen and oxygen atoms in total. The van der Waals surface area contributed by atoms with Crippen molar-refractivity contribution < 1.29 is 4.79 Å². The predicted octanol–water partition coefficient (Wildman–Crippen LogP) is 3.05. The smallest absolute Gasteiger partial charge is 0.228 e. The molecule has 0 bridgehead atoms. The van der Waals surface area contributed by atoms with Gasteiger partial charge in [0.2, 0.25) is 5.91 Å². The first-order valence-electron chi connectivity index (χ1n) is 5.56.